The Balaban J connectivity index is 0. The summed E-state index contributed by atoms with van der Waals surface area (Å²) in [5, 5.41) is 0. The third-order valence-corrected chi connectivity index (χ3v) is 0. The summed E-state index contributed by atoms with van der Waals surface area (Å²) in [5.74, 6) is 0. The average Bonchev–Trinajstić information content (AvgIpc) is 1.33. The summed E-state index contributed by atoms with van der Waals surface area (Å²) in [6, 6.07) is -0.833. The van der Waals surface area contributed by atoms with E-state index in [1.807, 2.05) is 0 Å². The van der Waals surface area contributed by atoms with Gasteiger partial charge in [0.05, 0.1) is 0 Å². The second kappa shape index (κ2) is 9.72. The fourth-order valence-corrected chi connectivity index (χ4v) is 0. The molecular weight excluding hydrogens is 233 g/mol. The molecule has 4 N–H and O–H groups in total. The van der Waals surface area contributed by atoms with Gasteiger partial charge in [-0.2, -0.15) is 0 Å². The molecule has 3 nitrogen and oxygen atoms in total. The zero-order valence-corrected chi connectivity index (χ0v) is 6.20. The fourth-order valence-electron chi connectivity index (χ4n) is 0. The molecule has 48 valence electrons. The number of halogens is 2. The number of carbonyl (C=O) groups is 1. The molecule has 0 heterocycles. The molecule has 0 bridgehead atoms. The van der Waals surface area contributed by atoms with E-state index >= 15 is 0 Å². The van der Waals surface area contributed by atoms with Gasteiger partial charge in [-0.15, -0.1) is 0 Å². The van der Waals surface area contributed by atoms with Crippen molar-refractivity contribution in [1.82, 2.24) is 0 Å². The van der Waals surface area contributed by atoms with Crippen molar-refractivity contribution >= 4 is 25.1 Å². The molecule has 0 radical (unpaired) electrons. The number of hydrogen-bond donors (Lipinski definition) is 2. The monoisotopic (exact) mass is 236 g/mol. The summed E-state index contributed by atoms with van der Waals surface area (Å²) >= 11 is -0.106. The molecule has 0 saturated heterocycles. The van der Waals surface area contributed by atoms with E-state index in [1.54, 1.807) is 0 Å². The second-order valence-electron chi connectivity index (χ2n) is 0.448. The summed E-state index contributed by atoms with van der Waals surface area (Å²) in [5.41, 5.74) is 8.50. The SMILES string of the molecule is NC(N)=O.[Cl][Pd][Cl]. The Morgan fingerprint density at radius 1 is 1.43 bits per heavy atom. The predicted molar refractivity (Wildman–Crippen MR) is 25.5 cm³/mol. The van der Waals surface area contributed by atoms with E-state index in [0.717, 1.165) is 0 Å². The van der Waals surface area contributed by atoms with Crippen LogP contribution in [0.2, 0.25) is 0 Å². The second-order valence-corrected chi connectivity index (χ2v) is 2.81. The Labute approximate surface area is 57.4 Å². The fraction of sp³-hybridized carbons (Fsp3) is 0. The van der Waals surface area contributed by atoms with Crippen LogP contribution in [-0.2, 0) is 15.9 Å². The first-order valence-electron chi connectivity index (χ1n) is 1.02. The molecule has 0 aliphatic rings. The van der Waals surface area contributed by atoms with Gasteiger partial charge in [0.25, 0.3) is 0 Å². The van der Waals surface area contributed by atoms with Crippen LogP contribution in [0.25, 0.3) is 0 Å². The molecule has 7 heavy (non-hydrogen) atoms. The quantitative estimate of drug-likeness (QED) is 0.588. The Hall–Kier alpha value is 0.512. The van der Waals surface area contributed by atoms with Gasteiger partial charge < -0.3 is 11.5 Å². The first-order valence-corrected chi connectivity index (χ1v) is 5.02. The van der Waals surface area contributed by atoms with Crippen molar-refractivity contribution < 1.29 is 20.7 Å². The average molecular weight is 237 g/mol. The zero-order valence-electron chi connectivity index (χ0n) is 3.14. The van der Waals surface area contributed by atoms with Crippen LogP contribution in [0.15, 0.2) is 0 Å². The number of nitrogens with two attached hydrogens (primary N) is 2. The van der Waals surface area contributed by atoms with Gasteiger partial charge in [-0.25, -0.2) is 4.79 Å². The van der Waals surface area contributed by atoms with Crippen molar-refractivity contribution in [3.05, 3.63) is 0 Å². The van der Waals surface area contributed by atoms with Crippen LogP contribution >= 0.6 is 19.1 Å². The van der Waals surface area contributed by atoms with E-state index in [4.69, 9.17) is 23.9 Å². The van der Waals surface area contributed by atoms with E-state index in [-0.39, 0.29) is 15.9 Å². The zero-order chi connectivity index (χ0) is 6.28. The molecule has 0 aromatic rings. The van der Waals surface area contributed by atoms with E-state index in [9.17, 15) is 0 Å². The van der Waals surface area contributed by atoms with Gasteiger partial charge in [0.2, 0.25) is 0 Å². The molecule has 0 rings (SSSR count). The van der Waals surface area contributed by atoms with Gasteiger partial charge in [-0.3, -0.25) is 0 Å². The van der Waals surface area contributed by atoms with Crippen molar-refractivity contribution in [3.63, 3.8) is 0 Å². The van der Waals surface area contributed by atoms with E-state index in [2.05, 4.69) is 11.5 Å². The van der Waals surface area contributed by atoms with E-state index < -0.39 is 6.03 Å². The van der Waals surface area contributed by atoms with Crippen molar-refractivity contribution in [2.45, 2.75) is 0 Å². The summed E-state index contributed by atoms with van der Waals surface area (Å²) in [4.78, 5) is 9.00. The molecule has 6 heteroatoms. The minimum atomic E-state index is -0.833. The molecule has 0 spiro atoms. The van der Waals surface area contributed by atoms with Gasteiger partial charge in [0.1, 0.15) is 0 Å². The number of carbonyl (C=O) groups excluding carboxylic acids is 1. The van der Waals surface area contributed by atoms with Crippen LogP contribution in [0, 0.1) is 0 Å². The Morgan fingerprint density at radius 2 is 1.43 bits per heavy atom. The topological polar surface area (TPSA) is 69.1 Å². The summed E-state index contributed by atoms with van der Waals surface area (Å²) in [6.07, 6.45) is 0. The number of hydrogen-bond acceptors (Lipinski definition) is 1. The molecular formula is CH4Cl2N2OPd. The molecule has 0 saturated carbocycles. The first kappa shape index (κ1) is 10.5. The normalized spacial score (nSPS) is 6.57. The Kier molecular flexibility index (Phi) is 14.6. The Morgan fingerprint density at radius 3 is 1.43 bits per heavy atom. The standard InChI is InChI=1S/CH4N2O.2ClH.Pd/c2-1(3)4;;;/h(H4,2,3,4);2*1H;/q;;;+2/p-2. The third kappa shape index (κ3) is 505. The molecule has 0 aromatic heterocycles. The number of rotatable bonds is 0. The summed E-state index contributed by atoms with van der Waals surface area (Å²) in [7, 11) is 9.63. The van der Waals surface area contributed by atoms with Crippen molar-refractivity contribution in [3.8, 4) is 0 Å². The maximum absolute atomic E-state index is 9.00. The van der Waals surface area contributed by atoms with Crippen LogP contribution in [0.4, 0.5) is 4.79 Å². The minimum absolute atomic E-state index is 0.106. The van der Waals surface area contributed by atoms with Crippen molar-refractivity contribution in [2.24, 2.45) is 11.5 Å². The van der Waals surface area contributed by atoms with Gasteiger partial charge in [-0.1, -0.05) is 0 Å². The van der Waals surface area contributed by atoms with Crippen LogP contribution < -0.4 is 11.5 Å². The third-order valence-electron chi connectivity index (χ3n) is 0. The Bertz CT molecular complexity index is 47.0. The predicted octanol–water partition coefficient (Wildman–Crippen LogP) is 0.400. The molecule has 2 amide bonds. The molecule has 0 unspecified atom stereocenters. The van der Waals surface area contributed by atoms with Crippen LogP contribution in [-0.4, -0.2) is 6.03 Å². The summed E-state index contributed by atoms with van der Waals surface area (Å²) in [6.45, 7) is 0. The van der Waals surface area contributed by atoms with Crippen molar-refractivity contribution in [2.75, 3.05) is 0 Å². The van der Waals surface area contributed by atoms with Gasteiger partial charge in [0.15, 0.2) is 0 Å². The van der Waals surface area contributed by atoms with Gasteiger partial charge >= 0.3 is 41.0 Å². The van der Waals surface area contributed by atoms with Crippen LogP contribution in [0.3, 0.4) is 0 Å². The summed E-state index contributed by atoms with van der Waals surface area (Å²) < 4.78 is 0. The first-order chi connectivity index (χ1) is 3.15. The number of primary amides is 2. The van der Waals surface area contributed by atoms with E-state index in [0.29, 0.717) is 0 Å². The maximum atomic E-state index is 9.00. The molecule has 0 aromatic carbocycles. The molecule has 0 atom stereocenters. The van der Waals surface area contributed by atoms with Gasteiger partial charge in [-0.05, 0) is 0 Å². The molecule has 0 aliphatic carbocycles. The molecule has 0 fully saturated rings. The number of urea groups is 1. The number of amides is 2. The van der Waals surface area contributed by atoms with Gasteiger partial charge in [0, 0.05) is 0 Å². The van der Waals surface area contributed by atoms with Crippen LogP contribution in [0.1, 0.15) is 0 Å². The van der Waals surface area contributed by atoms with Crippen LogP contribution in [0.5, 0.6) is 0 Å². The molecule has 0 aliphatic heterocycles. The van der Waals surface area contributed by atoms with E-state index in [1.165, 1.54) is 0 Å². The van der Waals surface area contributed by atoms with Crippen molar-refractivity contribution in [1.29, 1.82) is 0 Å².